The summed E-state index contributed by atoms with van der Waals surface area (Å²) >= 11 is 1.84. The Bertz CT molecular complexity index is 2180. The molecule has 0 fully saturated rings. The highest BCUT2D eigenvalue weighted by molar-refractivity contribution is 7.26. The van der Waals surface area contributed by atoms with Gasteiger partial charge in [-0.05, 0) is 28.6 Å². The van der Waals surface area contributed by atoms with E-state index in [0.717, 1.165) is 27.6 Å². The third kappa shape index (κ3) is 4.17. The van der Waals surface area contributed by atoms with E-state index in [1.165, 1.54) is 31.1 Å². The topological polar surface area (TPSA) is 38.7 Å². The van der Waals surface area contributed by atoms with Crippen LogP contribution in [0.15, 0.2) is 140 Å². The first-order valence-corrected chi connectivity index (χ1v) is 14.4. The molecule has 41 heavy (non-hydrogen) atoms. The van der Waals surface area contributed by atoms with Gasteiger partial charge >= 0.3 is 0 Å². The van der Waals surface area contributed by atoms with Gasteiger partial charge in [-0.25, -0.2) is 15.0 Å². The standard InChI is InChI=1S/C37H23N3S/c1-3-11-24(12-4-1)25-19-21-27(22-20-25)36-38-35(26-13-5-2-6-14-26)39-37(40-36)32-23-31-29-16-9-10-18-33(29)41-34(31)30-17-8-7-15-28(30)32/h1-23H. The highest BCUT2D eigenvalue weighted by Crippen LogP contribution is 2.42. The molecular weight excluding hydrogens is 518 g/mol. The molecule has 0 saturated carbocycles. The molecule has 0 aliphatic carbocycles. The quantitative estimate of drug-likeness (QED) is 0.222. The van der Waals surface area contributed by atoms with Gasteiger partial charge in [-0.3, -0.25) is 0 Å². The molecule has 4 heteroatoms. The van der Waals surface area contributed by atoms with E-state index < -0.39 is 0 Å². The molecule has 0 amide bonds. The lowest BCUT2D eigenvalue weighted by atomic mass is 9.99. The van der Waals surface area contributed by atoms with E-state index in [-0.39, 0.29) is 0 Å². The summed E-state index contributed by atoms with van der Waals surface area (Å²) in [5.74, 6) is 2.00. The van der Waals surface area contributed by atoms with Crippen LogP contribution in [-0.4, -0.2) is 15.0 Å². The van der Waals surface area contributed by atoms with Crippen LogP contribution < -0.4 is 0 Å². The molecule has 192 valence electrons. The number of nitrogens with zero attached hydrogens (tertiary/aromatic N) is 3. The number of fused-ring (bicyclic) bond motifs is 5. The Morgan fingerprint density at radius 2 is 0.854 bits per heavy atom. The number of hydrogen-bond acceptors (Lipinski definition) is 4. The van der Waals surface area contributed by atoms with E-state index in [1.54, 1.807) is 0 Å². The van der Waals surface area contributed by atoms with Crippen LogP contribution in [0.5, 0.6) is 0 Å². The lowest BCUT2D eigenvalue weighted by Crippen LogP contribution is -2.00. The molecule has 0 unspecified atom stereocenters. The van der Waals surface area contributed by atoms with E-state index in [1.807, 2.05) is 35.6 Å². The third-order valence-corrected chi connectivity index (χ3v) is 8.76. The molecule has 0 atom stereocenters. The Morgan fingerprint density at radius 3 is 1.56 bits per heavy atom. The summed E-state index contributed by atoms with van der Waals surface area (Å²) in [5, 5.41) is 4.85. The van der Waals surface area contributed by atoms with Crippen molar-refractivity contribution in [3.05, 3.63) is 140 Å². The Morgan fingerprint density at radius 1 is 0.366 bits per heavy atom. The number of hydrogen-bond donors (Lipinski definition) is 0. The second-order valence-corrected chi connectivity index (χ2v) is 11.1. The van der Waals surface area contributed by atoms with Crippen LogP contribution >= 0.6 is 11.3 Å². The normalized spacial score (nSPS) is 11.4. The van der Waals surface area contributed by atoms with E-state index in [0.29, 0.717) is 17.5 Å². The lowest BCUT2D eigenvalue weighted by Gasteiger charge is -2.11. The number of rotatable bonds is 4. The van der Waals surface area contributed by atoms with Crippen molar-refractivity contribution in [2.75, 3.05) is 0 Å². The van der Waals surface area contributed by atoms with Gasteiger partial charge in [0.2, 0.25) is 0 Å². The maximum absolute atomic E-state index is 5.10. The van der Waals surface area contributed by atoms with E-state index in [4.69, 9.17) is 15.0 Å². The van der Waals surface area contributed by atoms with Crippen molar-refractivity contribution < 1.29 is 0 Å². The second-order valence-electron chi connectivity index (χ2n) is 10.1. The number of benzene rings is 6. The Kier molecular flexibility index (Phi) is 5.64. The summed E-state index contributed by atoms with van der Waals surface area (Å²) in [5.41, 5.74) is 5.27. The summed E-state index contributed by atoms with van der Waals surface area (Å²) < 4.78 is 2.57. The molecule has 8 aromatic rings. The summed E-state index contributed by atoms with van der Waals surface area (Å²) in [6.45, 7) is 0. The largest absolute Gasteiger partial charge is 0.208 e. The smallest absolute Gasteiger partial charge is 0.164 e. The maximum Gasteiger partial charge on any atom is 0.164 e. The fourth-order valence-corrected chi connectivity index (χ4v) is 6.74. The van der Waals surface area contributed by atoms with Gasteiger partial charge in [-0.2, -0.15) is 0 Å². The molecule has 2 heterocycles. The van der Waals surface area contributed by atoms with Gasteiger partial charge in [0.25, 0.3) is 0 Å². The molecule has 8 rings (SSSR count). The van der Waals surface area contributed by atoms with Crippen LogP contribution in [0.25, 0.3) is 76.2 Å². The lowest BCUT2D eigenvalue weighted by molar-refractivity contribution is 1.08. The van der Waals surface area contributed by atoms with Crippen molar-refractivity contribution in [1.82, 2.24) is 15.0 Å². The van der Waals surface area contributed by atoms with Crippen LogP contribution in [0.4, 0.5) is 0 Å². The fraction of sp³-hybridized carbons (Fsp3) is 0. The van der Waals surface area contributed by atoms with Crippen molar-refractivity contribution in [1.29, 1.82) is 0 Å². The maximum atomic E-state index is 5.10. The first kappa shape index (κ1) is 23.7. The number of thiophene rings is 1. The van der Waals surface area contributed by atoms with Gasteiger partial charge in [0.1, 0.15) is 0 Å². The van der Waals surface area contributed by atoms with Crippen LogP contribution in [0, 0.1) is 0 Å². The van der Waals surface area contributed by atoms with Crippen LogP contribution in [0.2, 0.25) is 0 Å². The summed E-state index contributed by atoms with van der Waals surface area (Å²) in [7, 11) is 0. The molecule has 0 spiro atoms. The van der Waals surface area contributed by atoms with Crippen molar-refractivity contribution in [2.24, 2.45) is 0 Å². The minimum atomic E-state index is 0.660. The second kappa shape index (κ2) is 9.77. The van der Waals surface area contributed by atoms with Crippen molar-refractivity contribution >= 4 is 42.3 Å². The monoisotopic (exact) mass is 541 g/mol. The van der Waals surface area contributed by atoms with Gasteiger partial charge in [-0.1, -0.05) is 127 Å². The van der Waals surface area contributed by atoms with Gasteiger partial charge in [-0.15, -0.1) is 11.3 Å². The molecular formula is C37H23N3S. The van der Waals surface area contributed by atoms with Crippen molar-refractivity contribution in [3.63, 3.8) is 0 Å². The van der Waals surface area contributed by atoms with Crippen LogP contribution in [0.3, 0.4) is 0 Å². The molecule has 0 aliphatic rings. The molecule has 0 radical (unpaired) electrons. The zero-order valence-electron chi connectivity index (χ0n) is 22.0. The Hall–Kier alpha value is -5.19. The third-order valence-electron chi connectivity index (χ3n) is 7.54. The highest BCUT2D eigenvalue weighted by atomic mass is 32.1. The van der Waals surface area contributed by atoms with Crippen molar-refractivity contribution in [3.8, 4) is 45.3 Å². The summed E-state index contributed by atoms with van der Waals surface area (Å²) in [6.07, 6.45) is 0. The minimum Gasteiger partial charge on any atom is -0.208 e. The summed E-state index contributed by atoms with van der Waals surface area (Å²) in [4.78, 5) is 15.1. The molecule has 3 nitrogen and oxygen atoms in total. The highest BCUT2D eigenvalue weighted by Gasteiger charge is 2.18. The van der Waals surface area contributed by atoms with Gasteiger partial charge in [0, 0.05) is 42.2 Å². The average molecular weight is 542 g/mol. The predicted molar refractivity (Wildman–Crippen MR) is 172 cm³/mol. The number of aromatic nitrogens is 3. The summed E-state index contributed by atoms with van der Waals surface area (Å²) in [6, 6.07) is 48.5. The first-order chi connectivity index (χ1) is 20.3. The zero-order chi connectivity index (χ0) is 27.2. The zero-order valence-corrected chi connectivity index (χ0v) is 22.8. The molecule has 0 bridgehead atoms. The fourth-order valence-electron chi connectivity index (χ4n) is 5.52. The minimum absolute atomic E-state index is 0.660. The average Bonchev–Trinajstić information content (AvgIpc) is 3.44. The van der Waals surface area contributed by atoms with Crippen molar-refractivity contribution in [2.45, 2.75) is 0 Å². The van der Waals surface area contributed by atoms with Gasteiger partial charge in [0.05, 0.1) is 0 Å². The van der Waals surface area contributed by atoms with E-state index in [9.17, 15) is 0 Å². The van der Waals surface area contributed by atoms with Crippen LogP contribution in [-0.2, 0) is 0 Å². The Labute approximate surface area is 241 Å². The first-order valence-electron chi connectivity index (χ1n) is 13.6. The SMILES string of the molecule is c1ccc(-c2ccc(-c3nc(-c4ccccc4)nc(-c4cc5c6ccccc6sc5c5ccccc45)n3)cc2)cc1. The molecule has 0 N–H and O–H groups in total. The Balaban J connectivity index is 1.37. The molecule has 0 aliphatic heterocycles. The molecule has 6 aromatic carbocycles. The molecule has 0 saturated heterocycles. The van der Waals surface area contributed by atoms with E-state index in [2.05, 4.69) is 115 Å². The predicted octanol–water partition coefficient (Wildman–Crippen LogP) is 10.1. The van der Waals surface area contributed by atoms with E-state index >= 15 is 0 Å². The molecule has 2 aromatic heterocycles. The van der Waals surface area contributed by atoms with Gasteiger partial charge < -0.3 is 0 Å². The van der Waals surface area contributed by atoms with Gasteiger partial charge in [0.15, 0.2) is 17.5 Å². The van der Waals surface area contributed by atoms with Crippen LogP contribution in [0.1, 0.15) is 0 Å².